The van der Waals surface area contributed by atoms with E-state index in [1.54, 1.807) is 30.3 Å². The Labute approximate surface area is 146 Å². The van der Waals surface area contributed by atoms with Crippen molar-refractivity contribution in [2.24, 2.45) is 0 Å². The van der Waals surface area contributed by atoms with Crippen LogP contribution < -0.4 is 16.0 Å². The number of anilines is 1. The molecule has 1 fully saturated rings. The molecule has 2 aromatic carbocycles. The second-order valence-corrected chi connectivity index (χ2v) is 6.63. The summed E-state index contributed by atoms with van der Waals surface area (Å²) in [4.78, 5) is 25.8. The van der Waals surface area contributed by atoms with Crippen LogP contribution in [-0.2, 0) is 0 Å². The van der Waals surface area contributed by atoms with Gasteiger partial charge in [0.05, 0.1) is 5.56 Å². The molecule has 5 nitrogen and oxygen atoms in total. The van der Waals surface area contributed by atoms with Crippen molar-refractivity contribution in [2.75, 3.05) is 25.0 Å². The number of carbonyl (C=O) groups excluding carboxylic acids is 2. The van der Waals surface area contributed by atoms with Gasteiger partial charge < -0.3 is 16.0 Å². The lowest BCUT2D eigenvalue weighted by Crippen LogP contribution is -2.55. The molecule has 2 atom stereocenters. The molecule has 128 valence electrons. The van der Waals surface area contributed by atoms with Crippen molar-refractivity contribution in [1.29, 1.82) is 0 Å². The third kappa shape index (κ3) is 2.75. The molecule has 1 aliphatic heterocycles. The van der Waals surface area contributed by atoms with Crippen LogP contribution >= 0.6 is 0 Å². The Morgan fingerprint density at radius 1 is 0.960 bits per heavy atom. The van der Waals surface area contributed by atoms with Crippen molar-refractivity contribution >= 4 is 17.3 Å². The molecule has 0 spiro atoms. The van der Waals surface area contributed by atoms with E-state index in [9.17, 15) is 9.59 Å². The van der Waals surface area contributed by atoms with Gasteiger partial charge in [-0.15, -0.1) is 0 Å². The number of carbonyl (C=O) groups is 2. The van der Waals surface area contributed by atoms with Gasteiger partial charge in [0.15, 0.2) is 11.6 Å². The van der Waals surface area contributed by atoms with Gasteiger partial charge in [-0.05, 0) is 13.0 Å². The van der Waals surface area contributed by atoms with Gasteiger partial charge >= 0.3 is 0 Å². The Kier molecular flexibility index (Phi) is 4.11. The van der Waals surface area contributed by atoms with Crippen LogP contribution in [0.4, 0.5) is 5.69 Å². The smallest absolute Gasteiger partial charge is 0.196 e. The Morgan fingerprint density at radius 3 is 2.40 bits per heavy atom. The SMILES string of the molecule is CC(Nc1cccc2c1C(=O)c1ccccc1C2=O)C1CNCCN1. The molecule has 2 aliphatic rings. The van der Waals surface area contributed by atoms with E-state index in [1.165, 1.54) is 0 Å². The molecular formula is C20H21N3O2. The summed E-state index contributed by atoms with van der Waals surface area (Å²) < 4.78 is 0. The first kappa shape index (κ1) is 16.0. The second kappa shape index (κ2) is 6.43. The van der Waals surface area contributed by atoms with Crippen molar-refractivity contribution < 1.29 is 9.59 Å². The van der Waals surface area contributed by atoms with Crippen LogP contribution in [0.25, 0.3) is 0 Å². The number of fused-ring (bicyclic) bond motifs is 2. The Hall–Kier alpha value is -2.50. The average molecular weight is 335 g/mol. The minimum absolute atomic E-state index is 0.0843. The van der Waals surface area contributed by atoms with Crippen LogP contribution in [0, 0.1) is 0 Å². The minimum atomic E-state index is -0.0878. The number of hydrogen-bond acceptors (Lipinski definition) is 5. The lowest BCUT2D eigenvalue weighted by molar-refractivity contribution is 0.0979. The van der Waals surface area contributed by atoms with Gasteiger partial charge in [-0.2, -0.15) is 0 Å². The third-order valence-electron chi connectivity index (χ3n) is 5.01. The first-order chi connectivity index (χ1) is 12.2. The van der Waals surface area contributed by atoms with Crippen molar-refractivity contribution in [3.8, 4) is 0 Å². The maximum absolute atomic E-state index is 13.0. The molecular weight excluding hydrogens is 314 g/mol. The molecule has 0 aromatic heterocycles. The van der Waals surface area contributed by atoms with Gasteiger partial charge in [-0.1, -0.05) is 36.4 Å². The molecule has 0 saturated carbocycles. The lowest BCUT2D eigenvalue weighted by Gasteiger charge is -2.31. The summed E-state index contributed by atoms with van der Waals surface area (Å²) in [6.07, 6.45) is 0. The molecule has 5 heteroatoms. The minimum Gasteiger partial charge on any atom is -0.380 e. The molecule has 1 aliphatic carbocycles. The highest BCUT2D eigenvalue weighted by molar-refractivity contribution is 6.30. The lowest BCUT2D eigenvalue weighted by atomic mass is 9.83. The summed E-state index contributed by atoms with van der Waals surface area (Å²) in [5.74, 6) is -0.172. The molecule has 0 bridgehead atoms. The quantitative estimate of drug-likeness (QED) is 0.681. The van der Waals surface area contributed by atoms with E-state index in [2.05, 4.69) is 22.9 Å². The Bertz CT molecular complexity index is 841. The first-order valence-electron chi connectivity index (χ1n) is 8.69. The maximum atomic E-state index is 13.0. The van der Waals surface area contributed by atoms with Crippen LogP contribution in [0.1, 0.15) is 38.8 Å². The van der Waals surface area contributed by atoms with Gasteiger partial charge in [-0.25, -0.2) is 0 Å². The van der Waals surface area contributed by atoms with Gasteiger partial charge in [0.1, 0.15) is 0 Å². The average Bonchev–Trinajstić information content (AvgIpc) is 2.66. The topological polar surface area (TPSA) is 70.2 Å². The Balaban J connectivity index is 1.70. The van der Waals surface area contributed by atoms with Crippen LogP contribution in [0.15, 0.2) is 42.5 Å². The zero-order valence-electron chi connectivity index (χ0n) is 14.1. The van der Waals surface area contributed by atoms with Gasteiger partial charge in [0, 0.05) is 54.1 Å². The molecule has 1 heterocycles. The predicted octanol–water partition coefficient (Wildman–Crippen LogP) is 1.82. The summed E-state index contributed by atoms with van der Waals surface area (Å²) in [6.45, 7) is 4.86. The van der Waals surface area contributed by atoms with Crippen molar-refractivity contribution in [2.45, 2.75) is 19.0 Å². The number of nitrogens with one attached hydrogen (secondary N) is 3. The van der Waals surface area contributed by atoms with Crippen LogP contribution in [-0.4, -0.2) is 43.3 Å². The summed E-state index contributed by atoms with van der Waals surface area (Å²) in [5.41, 5.74) is 2.67. The van der Waals surface area contributed by atoms with E-state index in [0.717, 1.165) is 25.3 Å². The van der Waals surface area contributed by atoms with E-state index >= 15 is 0 Å². The molecule has 1 saturated heterocycles. The van der Waals surface area contributed by atoms with Crippen LogP contribution in [0.2, 0.25) is 0 Å². The fraction of sp³-hybridized carbons (Fsp3) is 0.300. The molecule has 2 unspecified atom stereocenters. The molecule has 25 heavy (non-hydrogen) atoms. The van der Waals surface area contributed by atoms with Gasteiger partial charge in [0.2, 0.25) is 0 Å². The van der Waals surface area contributed by atoms with Gasteiger partial charge in [-0.3, -0.25) is 9.59 Å². The summed E-state index contributed by atoms with van der Waals surface area (Å²) in [7, 11) is 0. The molecule has 0 amide bonds. The fourth-order valence-electron chi connectivity index (χ4n) is 3.64. The second-order valence-electron chi connectivity index (χ2n) is 6.63. The van der Waals surface area contributed by atoms with Crippen molar-refractivity contribution in [3.05, 3.63) is 64.7 Å². The molecule has 4 rings (SSSR count). The fourth-order valence-corrected chi connectivity index (χ4v) is 3.64. The number of piperazine rings is 1. The standard InChI is InChI=1S/C20H21N3O2/c1-12(17-11-21-9-10-22-17)23-16-8-4-7-15-18(16)20(25)14-6-3-2-5-13(14)19(15)24/h2-8,12,17,21-23H,9-11H2,1H3. The van der Waals surface area contributed by atoms with E-state index in [4.69, 9.17) is 0 Å². The first-order valence-corrected chi connectivity index (χ1v) is 8.69. The van der Waals surface area contributed by atoms with Crippen LogP contribution in [0.3, 0.4) is 0 Å². The third-order valence-corrected chi connectivity index (χ3v) is 5.01. The largest absolute Gasteiger partial charge is 0.380 e. The van der Waals surface area contributed by atoms with E-state index in [1.807, 2.05) is 12.1 Å². The van der Waals surface area contributed by atoms with Gasteiger partial charge in [0.25, 0.3) is 0 Å². The zero-order valence-corrected chi connectivity index (χ0v) is 14.1. The number of hydrogen-bond donors (Lipinski definition) is 3. The number of benzene rings is 2. The zero-order chi connectivity index (χ0) is 17.4. The molecule has 3 N–H and O–H groups in total. The molecule has 2 aromatic rings. The monoisotopic (exact) mass is 335 g/mol. The highest BCUT2D eigenvalue weighted by Gasteiger charge is 2.32. The number of rotatable bonds is 3. The predicted molar refractivity (Wildman–Crippen MR) is 97.5 cm³/mol. The summed E-state index contributed by atoms with van der Waals surface area (Å²) in [6, 6.07) is 12.9. The summed E-state index contributed by atoms with van der Waals surface area (Å²) in [5, 5.41) is 10.3. The Morgan fingerprint density at radius 2 is 1.68 bits per heavy atom. The molecule has 0 radical (unpaired) electrons. The summed E-state index contributed by atoms with van der Waals surface area (Å²) >= 11 is 0. The highest BCUT2D eigenvalue weighted by atomic mass is 16.1. The van der Waals surface area contributed by atoms with E-state index < -0.39 is 0 Å². The van der Waals surface area contributed by atoms with E-state index in [0.29, 0.717) is 22.3 Å². The maximum Gasteiger partial charge on any atom is 0.196 e. The van der Waals surface area contributed by atoms with Crippen molar-refractivity contribution in [3.63, 3.8) is 0 Å². The normalized spacial score (nSPS) is 20.6. The van der Waals surface area contributed by atoms with Crippen LogP contribution in [0.5, 0.6) is 0 Å². The highest BCUT2D eigenvalue weighted by Crippen LogP contribution is 2.32. The van der Waals surface area contributed by atoms with Crippen molar-refractivity contribution in [1.82, 2.24) is 10.6 Å². The van der Waals surface area contributed by atoms with E-state index in [-0.39, 0.29) is 23.7 Å². The number of ketones is 2.